The minimum Gasteiger partial charge on any atom is -0.494 e. The topological polar surface area (TPSA) is 82.6 Å². The summed E-state index contributed by atoms with van der Waals surface area (Å²) in [5.41, 5.74) is 0.421. The van der Waals surface area contributed by atoms with E-state index in [1.807, 2.05) is 16.8 Å². The zero-order valence-corrected chi connectivity index (χ0v) is 22.5. The van der Waals surface area contributed by atoms with Crippen molar-refractivity contribution in [3.63, 3.8) is 0 Å². The summed E-state index contributed by atoms with van der Waals surface area (Å²) in [5, 5.41) is 6.35. The van der Waals surface area contributed by atoms with Crippen molar-refractivity contribution in [2.75, 3.05) is 37.5 Å². The van der Waals surface area contributed by atoms with Crippen molar-refractivity contribution in [2.24, 2.45) is 0 Å². The van der Waals surface area contributed by atoms with Gasteiger partial charge in [0.05, 0.1) is 18.7 Å². The number of piperidine rings is 1. The van der Waals surface area contributed by atoms with Gasteiger partial charge in [0.25, 0.3) is 0 Å². The van der Waals surface area contributed by atoms with Crippen LogP contribution in [0, 0.1) is 24.4 Å². The van der Waals surface area contributed by atoms with Crippen LogP contribution in [0.25, 0.3) is 10.9 Å². The van der Waals surface area contributed by atoms with Crippen molar-refractivity contribution in [1.29, 1.82) is 0 Å². The lowest BCUT2D eigenvalue weighted by atomic mass is 10.0. The van der Waals surface area contributed by atoms with Gasteiger partial charge in [-0.25, -0.2) is 18.2 Å². The minimum atomic E-state index is -0.783. The Morgan fingerprint density at radius 1 is 1.05 bits per heavy atom. The summed E-state index contributed by atoms with van der Waals surface area (Å²) in [6.07, 6.45) is 3.25. The van der Waals surface area contributed by atoms with E-state index in [0.29, 0.717) is 49.0 Å². The predicted molar refractivity (Wildman–Crippen MR) is 144 cm³/mol. The Kier molecular flexibility index (Phi) is 7.53. The molecule has 208 valence electrons. The first-order valence-electron chi connectivity index (χ1n) is 13.2. The summed E-state index contributed by atoms with van der Waals surface area (Å²) in [6.45, 7) is 4.83. The molecule has 8 nitrogen and oxygen atoms in total. The van der Waals surface area contributed by atoms with Gasteiger partial charge in [-0.1, -0.05) is 0 Å². The molecule has 2 N–H and O–H groups in total. The van der Waals surface area contributed by atoms with E-state index in [1.54, 1.807) is 6.92 Å². The number of ether oxygens (including phenoxy) is 1. The zero-order chi connectivity index (χ0) is 27.8. The second-order valence-electron chi connectivity index (χ2n) is 10.5. The zero-order valence-electron chi connectivity index (χ0n) is 22.5. The number of nitrogens with zero attached hydrogens (tertiary/aromatic N) is 4. The number of halogens is 3. The van der Waals surface area contributed by atoms with Crippen LogP contribution in [0.5, 0.6) is 5.75 Å². The number of likely N-dealkylation sites (N-methyl/N-ethyl adjacent to an activating group) is 1. The fraction of sp³-hybridized carbons (Fsp3) is 0.464. The molecule has 3 heterocycles. The van der Waals surface area contributed by atoms with Crippen LogP contribution in [-0.4, -0.2) is 66.1 Å². The third-order valence-electron chi connectivity index (χ3n) is 7.70. The monoisotopic (exact) mass is 542 g/mol. The third-order valence-corrected chi connectivity index (χ3v) is 7.70. The minimum absolute atomic E-state index is 0.000479. The van der Waals surface area contributed by atoms with Crippen LogP contribution in [0.1, 0.15) is 38.2 Å². The number of carbonyl (C=O) groups excluding carboxylic acids is 1. The molecule has 3 aromatic rings. The Morgan fingerprint density at radius 2 is 1.74 bits per heavy atom. The molecular formula is C28H33F3N6O2. The highest BCUT2D eigenvalue weighted by Gasteiger charge is 2.33. The number of benzene rings is 2. The number of rotatable bonds is 6. The lowest BCUT2D eigenvalue weighted by Crippen LogP contribution is -2.51. The molecule has 2 aliphatic heterocycles. The van der Waals surface area contributed by atoms with Gasteiger partial charge in [-0.15, -0.1) is 0 Å². The van der Waals surface area contributed by atoms with Gasteiger partial charge >= 0.3 is 0 Å². The maximum Gasteiger partial charge on any atom is 0.239 e. The van der Waals surface area contributed by atoms with Crippen molar-refractivity contribution >= 4 is 34.3 Å². The van der Waals surface area contributed by atoms with Crippen molar-refractivity contribution in [3.05, 3.63) is 47.3 Å². The highest BCUT2D eigenvalue weighted by Crippen LogP contribution is 2.33. The average Bonchev–Trinajstić information content (AvgIpc) is 3.35. The van der Waals surface area contributed by atoms with Gasteiger partial charge in [-0.2, -0.15) is 4.98 Å². The fourth-order valence-corrected chi connectivity index (χ4v) is 5.45. The standard InChI is InChI=1S/C28H33F3N6O2/c1-15-11-20(30)25(21(31)12-15)34-26-18-13-19(29)24(39-4)14-23(18)33-28(35-26)37-9-7-17(8-10-37)36(3)27(38)22-6-5-16(2)32-22/h11-14,16-17,22,32H,5-10H2,1-4H3,(H,33,34,35). The van der Waals surface area contributed by atoms with Crippen LogP contribution < -0.4 is 20.3 Å². The molecule has 0 radical (unpaired) electrons. The summed E-state index contributed by atoms with van der Waals surface area (Å²) in [7, 11) is 3.21. The van der Waals surface area contributed by atoms with Crippen LogP contribution in [0.15, 0.2) is 24.3 Å². The first-order valence-corrected chi connectivity index (χ1v) is 13.2. The first-order chi connectivity index (χ1) is 18.6. The van der Waals surface area contributed by atoms with Crippen LogP contribution in [-0.2, 0) is 4.79 Å². The molecule has 1 amide bonds. The number of fused-ring (bicyclic) bond motifs is 1. The molecule has 39 heavy (non-hydrogen) atoms. The van der Waals surface area contributed by atoms with E-state index < -0.39 is 17.5 Å². The quantitative estimate of drug-likeness (QED) is 0.468. The summed E-state index contributed by atoms with van der Waals surface area (Å²) in [4.78, 5) is 26.0. The molecule has 11 heteroatoms. The Labute approximate surface area is 225 Å². The Hall–Kier alpha value is -3.60. The number of nitrogens with one attached hydrogen (secondary N) is 2. The summed E-state index contributed by atoms with van der Waals surface area (Å²) in [6, 6.07) is 5.34. The highest BCUT2D eigenvalue weighted by atomic mass is 19.1. The summed E-state index contributed by atoms with van der Waals surface area (Å²) in [5.74, 6) is -1.68. The van der Waals surface area contributed by atoms with Gasteiger partial charge in [-0.3, -0.25) is 4.79 Å². The maximum absolute atomic E-state index is 14.7. The number of aromatic nitrogens is 2. The second-order valence-corrected chi connectivity index (χ2v) is 10.5. The van der Waals surface area contributed by atoms with Crippen molar-refractivity contribution in [2.45, 2.75) is 57.7 Å². The third kappa shape index (κ3) is 5.45. The van der Waals surface area contributed by atoms with Gasteiger partial charge in [0.2, 0.25) is 11.9 Å². The van der Waals surface area contributed by atoms with Gasteiger partial charge in [-0.05, 0) is 63.3 Å². The highest BCUT2D eigenvalue weighted by molar-refractivity contribution is 5.93. The van der Waals surface area contributed by atoms with E-state index in [2.05, 4.69) is 27.5 Å². The molecule has 1 aromatic heterocycles. The van der Waals surface area contributed by atoms with E-state index in [1.165, 1.54) is 31.4 Å². The van der Waals surface area contributed by atoms with E-state index >= 15 is 0 Å². The van der Waals surface area contributed by atoms with E-state index in [-0.39, 0.29) is 40.6 Å². The lowest BCUT2D eigenvalue weighted by Gasteiger charge is -2.37. The lowest BCUT2D eigenvalue weighted by molar-refractivity contribution is -0.134. The first kappa shape index (κ1) is 27.0. The Bertz CT molecular complexity index is 1370. The second kappa shape index (κ2) is 10.9. The molecule has 0 bridgehead atoms. The largest absolute Gasteiger partial charge is 0.494 e. The molecule has 0 spiro atoms. The molecule has 0 saturated carbocycles. The smallest absolute Gasteiger partial charge is 0.239 e. The van der Waals surface area contributed by atoms with Gasteiger partial charge < -0.3 is 25.2 Å². The number of aryl methyl sites for hydroxylation is 1. The van der Waals surface area contributed by atoms with Crippen molar-refractivity contribution in [3.8, 4) is 5.75 Å². The Morgan fingerprint density at radius 3 is 2.36 bits per heavy atom. The molecule has 2 unspecified atom stereocenters. The van der Waals surface area contributed by atoms with Crippen molar-refractivity contribution in [1.82, 2.24) is 20.2 Å². The predicted octanol–water partition coefficient (Wildman–Crippen LogP) is 4.68. The van der Waals surface area contributed by atoms with Gasteiger partial charge in [0, 0.05) is 43.7 Å². The molecule has 2 saturated heterocycles. The van der Waals surface area contributed by atoms with Crippen LogP contribution in [0.2, 0.25) is 0 Å². The molecule has 2 aliphatic rings. The molecule has 2 fully saturated rings. The molecule has 2 atom stereocenters. The van der Waals surface area contributed by atoms with Crippen LogP contribution >= 0.6 is 0 Å². The van der Waals surface area contributed by atoms with Crippen LogP contribution in [0.3, 0.4) is 0 Å². The van der Waals surface area contributed by atoms with Gasteiger partial charge in [0.1, 0.15) is 23.1 Å². The number of methoxy groups -OCH3 is 1. The van der Waals surface area contributed by atoms with E-state index in [0.717, 1.165) is 12.8 Å². The number of hydrogen-bond acceptors (Lipinski definition) is 7. The molecule has 2 aromatic carbocycles. The fourth-order valence-electron chi connectivity index (χ4n) is 5.45. The van der Waals surface area contributed by atoms with Crippen molar-refractivity contribution < 1.29 is 22.7 Å². The van der Waals surface area contributed by atoms with Crippen LogP contribution in [0.4, 0.5) is 30.6 Å². The molecule has 0 aliphatic carbocycles. The van der Waals surface area contributed by atoms with Gasteiger partial charge in [0.15, 0.2) is 11.6 Å². The normalized spacial score (nSPS) is 19.9. The average molecular weight is 543 g/mol. The maximum atomic E-state index is 14.7. The summed E-state index contributed by atoms with van der Waals surface area (Å²) < 4.78 is 49.1. The number of carbonyl (C=O) groups is 1. The Balaban J connectivity index is 1.41. The number of anilines is 3. The number of hydrogen-bond donors (Lipinski definition) is 2. The number of amides is 1. The SMILES string of the molecule is COc1cc2nc(N3CCC(N(C)C(=O)C4CCC(C)N4)CC3)nc(Nc3c(F)cc(C)cc3F)c2cc1F. The molecule has 5 rings (SSSR count). The summed E-state index contributed by atoms with van der Waals surface area (Å²) >= 11 is 0. The van der Waals surface area contributed by atoms with E-state index in [9.17, 15) is 18.0 Å². The molecular weight excluding hydrogens is 509 g/mol. The van der Waals surface area contributed by atoms with E-state index in [4.69, 9.17) is 4.74 Å².